The number of hydrogen-bond acceptors (Lipinski definition) is 5. The molecule has 0 spiro atoms. The average molecular weight is 479 g/mol. The van der Waals surface area contributed by atoms with Gasteiger partial charge in [-0.1, -0.05) is 62.2 Å². The van der Waals surface area contributed by atoms with Crippen molar-refractivity contribution >= 4 is 41.3 Å². The Morgan fingerprint density at radius 3 is 2.44 bits per heavy atom. The monoisotopic (exact) mass is 478 g/mol. The van der Waals surface area contributed by atoms with E-state index in [1.807, 2.05) is 0 Å². The van der Waals surface area contributed by atoms with E-state index in [0.717, 1.165) is 19.3 Å². The molecule has 2 aromatic carbocycles. The molecule has 0 atom stereocenters. The number of hydrazone groups is 1. The number of nitrogens with zero attached hydrogens (tertiary/aromatic N) is 1. The van der Waals surface area contributed by atoms with Crippen molar-refractivity contribution in [3.8, 4) is 11.5 Å². The second-order valence-electron chi connectivity index (χ2n) is 7.24. The predicted molar refractivity (Wildman–Crippen MR) is 128 cm³/mol. The lowest BCUT2D eigenvalue weighted by Gasteiger charge is -2.10. The van der Waals surface area contributed by atoms with Gasteiger partial charge in [-0.25, -0.2) is 10.2 Å². The van der Waals surface area contributed by atoms with Crippen molar-refractivity contribution in [1.29, 1.82) is 0 Å². The van der Waals surface area contributed by atoms with Gasteiger partial charge in [0.2, 0.25) is 5.91 Å². The summed E-state index contributed by atoms with van der Waals surface area (Å²) in [6.07, 6.45) is 8.70. The quantitative estimate of drug-likeness (QED) is 0.125. The number of nitrogens with one attached hydrogen (secondary N) is 1. The van der Waals surface area contributed by atoms with E-state index in [1.54, 1.807) is 18.2 Å². The smallest absolute Gasteiger partial charge is 0.343 e. The summed E-state index contributed by atoms with van der Waals surface area (Å²) in [7, 11) is 1.47. The van der Waals surface area contributed by atoms with Crippen LogP contribution < -0.4 is 14.9 Å². The summed E-state index contributed by atoms with van der Waals surface area (Å²) in [5.41, 5.74) is 3.47. The first kappa shape index (κ1) is 25.7. The first-order chi connectivity index (χ1) is 15.4. The predicted octanol–water partition coefficient (Wildman–Crippen LogP) is 6.42. The second kappa shape index (κ2) is 13.8. The minimum atomic E-state index is -0.592. The number of hydrogen-bond donors (Lipinski definition) is 1. The molecule has 2 aromatic rings. The molecule has 0 saturated carbocycles. The maximum absolute atomic E-state index is 12.4. The molecule has 6 nitrogen and oxygen atoms in total. The molecule has 0 saturated heterocycles. The summed E-state index contributed by atoms with van der Waals surface area (Å²) in [5, 5.41) is 4.60. The number of rotatable bonds is 12. The zero-order valence-corrected chi connectivity index (χ0v) is 19.8. The molecule has 0 heterocycles. The Bertz CT molecular complexity index is 948. The highest BCUT2D eigenvalue weighted by atomic mass is 35.5. The Hall–Kier alpha value is -2.57. The third-order valence-electron chi connectivity index (χ3n) is 4.71. The van der Waals surface area contributed by atoms with Gasteiger partial charge >= 0.3 is 5.97 Å². The molecule has 0 aliphatic rings. The van der Waals surface area contributed by atoms with Crippen LogP contribution in [-0.4, -0.2) is 25.2 Å². The summed E-state index contributed by atoms with van der Waals surface area (Å²) in [4.78, 5) is 24.3. The molecule has 0 bridgehead atoms. The van der Waals surface area contributed by atoms with E-state index in [-0.39, 0.29) is 22.2 Å². The van der Waals surface area contributed by atoms with Gasteiger partial charge in [0, 0.05) is 6.42 Å². The Morgan fingerprint density at radius 1 is 0.969 bits per heavy atom. The van der Waals surface area contributed by atoms with Gasteiger partial charge < -0.3 is 9.47 Å². The van der Waals surface area contributed by atoms with Crippen LogP contribution in [0.1, 0.15) is 67.8 Å². The molecule has 0 aliphatic carbocycles. The van der Waals surface area contributed by atoms with Gasteiger partial charge in [0.05, 0.1) is 28.9 Å². The Kier molecular flexibility index (Phi) is 11.0. The van der Waals surface area contributed by atoms with Gasteiger partial charge in [-0.3, -0.25) is 4.79 Å². The molecule has 172 valence electrons. The lowest BCUT2D eigenvalue weighted by atomic mass is 10.1. The van der Waals surface area contributed by atoms with Crippen molar-refractivity contribution in [3.63, 3.8) is 0 Å². The molecule has 0 aliphatic heterocycles. The van der Waals surface area contributed by atoms with Gasteiger partial charge in [-0.15, -0.1) is 0 Å². The molecule has 1 amide bonds. The summed E-state index contributed by atoms with van der Waals surface area (Å²) < 4.78 is 10.7. The van der Waals surface area contributed by atoms with Crippen LogP contribution in [0.25, 0.3) is 0 Å². The highest BCUT2D eigenvalue weighted by Gasteiger charge is 2.14. The Labute approximate surface area is 198 Å². The summed E-state index contributed by atoms with van der Waals surface area (Å²) in [6.45, 7) is 2.18. The van der Waals surface area contributed by atoms with E-state index < -0.39 is 5.97 Å². The second-order valence-corrected chi connectivity index (χ2v) is 8.05. The van der Waals surface area contributed by atoms with Gasteiger partial charge in [-0.05, 0) is 48.4 Å². The van der Waals surface area contributed by atoms with Crippen LogP contribution in [-0.2, 0) is 4.79 Å². The molecule has 32 heavy (non-hydrogen) atoms. The third kappa shape index (κ3) is 8.52. The first-order valence-electron chi connectivity index (χ1n) is 10.6. The summed E-state index contributed by atoms with van der Waals surface area (Å²) >= 11 is 11.8. The minimum Gasteiger partial charge on any atom is -0.493 e. The largest absolute Gasteiger partial charge is 0.493 e. The number of esters is 1. The van der Waals surface area contributed by atoms with Crippen molar-refractivity contribution < 1.29 is 19.1 Å². The highest BCUT2D eigenvalue weighted by Crippen LogP contribution is 2.29. The van der Waals surface area contributed by atoms with Crippen molar-refractivity contribution in [3.05, 3.63) is 57.6 Å². The van der Waals surface area contributed by atoms with E-state index in [0.29, 0.717) is 22.8 Å². The van der Waals surface area contributed by atoms with Crippen LogP contribution in [0.4, 0.5) is 0 Å². The van der Waals surface area contributed by atoms with E-state index in [4.69, 9.17) is 32.7 Å². The minimum absolute atomic E-state index is 0.115. The lowest BCUT2D eigenvalue weighted by Crippen LogP contribution is -2.16. The Morgan fingerprint density at radius 2 is 1.72 bits per heavy atom. The normalized spacial score (nSPS) is 10.9. The van der Waals surface area contributed by atoms with E-state index in [2.05, 4.69) is 17.5 Å². The highest BCUT2D eigenvalue weighted by molar-refractivity contribution is 6.42. The maximum Gasteiger partial charge on any atom is 0.343 e. The standard InChI is InChI=1S/C24H28Cl2N2O4/c1-3-4-5-6-7-8-9-23(29)28-27-16-17-10-13-21(22(14-17)31-2)32-24(30)18-11-12-19(25)20(26)15-18/h10-16H,3-9H2,1-2H3,(H,28,29). The molecule has 0 aromatic heterocycles. The summed E-state index contributed by atoms with van der Waals surface area (Å²) in [6, 6.07) is 9.43. The molecule has 0 fully saturated rings. The average Bonchev–Trinajstić information content (AvgIpc) is 2.78. The summed E-state index contributed by atoms with van der Waals surface area (Å²) in [5.74, 6) is -0.116. The molecule has 2 rings (SSSR count). The molecule has 1 N–H and O–H groups in total. The third-order valence-corrected chi connectivity index (χ3v) is 5.44. The number of amides is 1. The molecule has 0 radical (unpaired) electrons. The van der Waals surface area contributed by atoms with E-state index >= 15 is 0 Å². The number of carbonyl (C=O) groups is 2. The fourth-order valence-electron chi connectivity index (χ4n) is 2.93. The number of ether oxygens (including phenoxy) is 2. The van der Waals surface area contributed by atoms with Crippen LogP contribution in [0, 0.1) is 0 Å². The number of halogens is 2. The van der Waals surface area contributed by atoms with Crippen LogP contribution in [0.15, 0.2) is 41.5 Å². The van der Waals surface area contributed by atoms with Crippen molar-refractivity contribution in [2.24, 2.45) is 5.10 Å². The maximum atomic E-state index is 12.4. The molecular weight excluding hydrogens is 451 g/mol. The van der Waals surface area contributed by atoms with Crippen LogP contribution in [0.2, 0.25) is 10.0 Å². The number of carbonyl (C=O) groups excluding carboxylic acids is 2. The van der Waals surface area contributed by atoms with Gasteiger partial charge in [0.25, 0.3) is 0 Å². The fraction of sp³-hybridized carbons (Fsp3) is 0.375. The zero-order valence-electron chi connectivity index (χ0n) is 18.3. The van der Waals surface area contributed by atoms with E-state index in [9.17, 15) is 9.59 Å². The van der Waals surface area contributed by atoms with Gasteiger partial charge in [0.15, 0.2) is 11.5 Å². The van der Waals surface area contributed by atoms with Gasteiger partial charge in [-0.2, -0.15) is 5.10 Å². The molecular formula is C24H28Cl2N2O4. The van der Waals surface area contributed by atoms with Crippen molar-refractivity contribution in [2.45, 2.75) is 51.9 Å². The number of benzene rings is 2. The van der Waals surface area contributed by atoms with Crippen LogP contribution in [0.3, 0.4) is 0 Å². The van der Waals surface area contributed by atoms with Crippen molar-refractivity contribution in [1.82, 2.24) is 5.43 Å². The van der Waals surface area contributed by atoms with Gasteiger partial charge in [0.1, 0.15) is 0 Å². The molecule has 8 heteroatoms. The Balaban J connectivity index is 1.88. The topological polar surface area (TPSA) is 77.0 Å². The lowest BCUT2D eigenvalue weighted by molar-refractivity contribution is -0.121. The van der Waals surface area contributed by atoms with Crippen molar-refractivity contribution in [2.75, 3.05) is 7.11 Å². The fourth-order valence-corrected chi connectivity index (χ4v) is 3.23. The number of methoxy groups -OCH3 is 1. The molecule has 0 unspecified atom stereocenters. The van der Waals surface area contributed by atoms with Crippen LogP contribution in [0.5, 0.6) is 11.5 Å². The first-order valence-corrected chi connectivity index (χ1v) is 11.4. The number of unbranched alkanes of at least 4 members (excludes halogenated alkanes) is 5. The van der Waals surface area contributed by atoms with Crippen LogP contribution >= 0.6 is 23.2 Å². The zero-order chi connectivity index (χ0) is 23.3. The van der Waals surface area contributed by atoms with E-state index in [1.165, 1.54) is 50.8 Å². The SMILES string of the molecule is CCCCCCCCC(=O)NN=Cc1ccc(OC(=O)c2ccc(Cl)c(Cl)c2)c(OC)c1.